The van der Waals surface area contributed by atoms with E-state index in [-0.39, 0.29) is 17.1 Å². The largest absolute Gasteiger partial charge is 0.493 e. The molecular weight excluding hydrogens is 312 g/mol. The summed E-state index contributed by atoms with van der Waals surface area (Å²) in [6, 6.07) is 12.6. The second-order valence-electron chi connectivity index (χ2n) is 4.90. The molecule has 0 saturated carbocycles. The minimum atomic E-state index is -0.869. The van der Waals surface area contributed by atoms with Crippen molar-refractivity contribution in [2.24, 2.45) is 0 Å². The van der Waals surface area contributed by atoms with Crippen LogP contribution in [0.2, 0.25) is 0 Å². The molecule has 0 N–H and O–H groups in total. The lowest BCUT2D eigenvalue weighted by Crippen LogP contribution is -2.19. The lowest BCUT2D eigenvalue weighted by molar-refractivity contribution is 0.0725. The maximum atomic E-state index is 12.3. The number of hydrogen-bond acceptors (Lipinski definition) is 6. The SMILES string of the molecule is COc1cc(C=O)ccc1OC(=O)c1cc2ccccc2oc1=O. The van der Waals surface area contributed by atoms with Crippen molar-refractivity contribution in [2.75, 3.05) is 7.11 Å². The van der Waals surface area contributed by atoms with Crippen LogP contribution in [-0.2, 0) is 0 Å². The minimum Gasteiger partial charge on any atom is -0.493 e. The fourth-order valence-corrected chi connectivity index (χ4v) is 2.20. The predicted octanol–water partition coefficient (Wildman–Crippen LogP) is 2.83. The van der Waals surface area contributed by atoms with Gasteiger partial charge in [0.1, 0.15) is 17.4 Å². The van der Waals surface area contributed by atoms with Crippen LogP contribution in [0.25, 0.3) is 11.0 Å². The number of carbonyl (C=O) groups excluding carboxylic acids is 2. The van der Waals surface area contributed by atoms with E-state index in [1.165, 1.54) is 31.4 Å². The van der Waals surface area contributed by atoms with Crippen molar-refractivity contribution in [1.82, 2.24) is 0 Å². The molecule has 0 aliphatic heterocycles. The Bertz CT molecular complexity index is 986. The highest BCUT2D eigenvalue weighted by molar-refractivity contribution is 5.94. The second-order valence-corrected chi connectivity index (χ2v) is 4.90. The smallest absolute Gasteiger partial charge is 0.351 e. The van der Waals surface area contributed by atoms with E-state index in [9.17, 15) is 14.4 Å². The van der Waals surface area contributed by atoms with E-state index in [2.05, 4.69) is 0 Å². The highest BCUT2D eigenvalue weighted by Crippen LogP contribution is 2.28. The molecule has 2 aromatic carbocycles. The summed E-state index contributed by atoms with van der Waals surface area (Å²) >= 11 is 0. The van der Waals surface area contributed by atoms with Gasteiger partial charge in [0, 0.05) is 10.9 Å². The van der Waals surface area contributed by atoms with Gasteiger partial charge in [0.15, 0.2) is 11.5 Å². The summed E-state index contributed by atoms with van der Waals surface area (Å²) in [4.78, 5) is 35.1. The maximum Gasteiger partial charge on any atom is 0.351 e. The van der Waals surface area contributed by atoms with Gasteiger partial charge in [0.05, 0.1) is 7.11 Å². The van der Waals surface area contributed by atoms with Crippen LogP contribution < -0.4 is 15.1 Å². The Morgan fingerprint density at radius 2 is 1.88 bits per heavy atom. The van der Waals surface area contributed by atoms with Crippen molar-refractivity contribution in [3.05, 3.63) is 70.1 Å². The minimum absolute atomic E-state index is 0.0978. The third-order valence-corrected chi connectivity index (χ3v) is 3.39. The van der Waals surface area contributed by atoms with Crippen LogP contribution in [0.1, 0.15) is 20.7 Å². The number of para-hydroxylation sites is 1. The van der Waals surface area contributed by atoms with Crippen molar-refractivity contribution in [3.63, 3.8) is 0 Å². The summed E-state index contributed by atoms with van der Waals surface area (Å²) in [6.07, 6.45) is 0.645. The number of hydrogen-bond donors (Lipinski definition) is 0. The molecule has 0 aliphatic rings. The lowest BCUT2D eigenvalue weighted by atomic mass is 10.2. The van der Waals surface area contributed by atoms with Crippen LogP contribution in [-0.4, -0.2) is 19.4 Å². The van der Waals surface area contributed by atoms with E-state index in [0.29, 0.717) is 22.8 Å². The van der Waals surface area contributed by atoms with Gasteiger partial charge in [-0.05, 0) is 30.3 Å². The molecule has 0 atom stereocenters. The van der Waals surface area contributed by atoms with Crippen LogP contribution in [0.15, 0.2) is 57.7 Å². The molecule has 24 heavy (non-hydrogen) atoms. The van der Waals surface area contributed by atoms with Gasteiger partial charge >= 0.3 is 11.6 Å². The Morgan fingerprint density at radius 1 is 1.08 bits per heavy atom. The topological polar surface area (TPSA) is 82.8 Å². The van der Waals surface area contributed by atoms with Crippen LogP contribution in [0.3, 0.4) is 0 Å². The quantitative estimate of drug-likeness (QED) is 0.318. The molecule has 6 nitrogen and oxygen atoms in total. The monoisotopic (exact) mass is 324 g/mol. The highest BCUT2D eigenvalue weighted by atomic mass is 16.6. The summed E-state index contributed by atoms with van der Waals surface area (Å²) in [6.45, 7) is 0. The number of aldehydes is 1. The third-order valence-electron chi connectivity index (χ3n) is 3.39. The van der Waals surface area contributed by atoms with Crippen LogP contribution in [0, 0.1) is 0 Å². The van der Waals surface area contributed by atoms with E-state index < -0.39 is 11.6 Å². The Balaban J connectivity index is 1.97. The first kappa shape index (κ1) is 15.5. The predicted molar refractivity (Wildman–Crippen MR) is 85.8 cm³/mol. The fourth-order valence-electron chi connectivity index (χ4n) is 2.20. The standard InChI is InChI=1S/C18H12O6/c1-22-16-8-11(10-19)6-7-15(16)24-18(21)13-9-12-4-2-3-5-14(12)23-17(13)20/h2-10H,1H3. The van der Waals surface area contributed by atoms with Gasteiger partial charge in [-0.3, -0.25) is 4.79 Å². The molecule has 0 saturated heterocycles. The zero-order valence-electron chi connectivity index (χ0n) is 12.6. The van der Waals surface area contributed by atoms with E-state index in [1.807, 2.05) is 0 Å². The molecule has 0 unspecified atom stereocenters. The molecule has 0 fully saturated rings. The van der Waals surface area contributed by atoms with Gasteiger partial charge in [-0.15, -0.1) is 0 Å². The van der Waals surface area contributed by atoms with Crippen molar-refractivity contribution >= 4 is 23.2 Å². The average Bonchev–Trinajstić information content (AvgIpc) is 2.61. The van der Waals surface area contributed by atoms with Gasteiger partial charge < -0.3 is 13.9 Å². The maximum absolute atomic E-state index is 12.3. The molecule has 3 aromatic rings. The van der Waals surface area contributed by atoms with E-state index >= 15 is 0 Å². The van der Waals surface area contributed by atoms with Gasteiger partial charge in [-0.1, -0.05) is 18.2 Å². The van der Waals surface area contributed by atoms with Gasteiger partial charge in [-0.2, -0.15) is 0 Å². The zero-order valence-corrected chi connectivity index (χ0v) is 12.6. The van der Waals surface area contributed by atoms with Crippen molar-refractivity contribution in [2.45, 2.75) is 0 Å². The molecule has 0 bridgehead atoms. The Morgan fingerprint density at radius 3 is 2.62 bits per heavy atom. The van der Waals surface area contributed by atoms with Gasteiger partial charge in [0.2, 0.25) is 0 Å². The molecule has 1 aromatic heterocycles. The second kappa shape index (κ2) is 6.37. The number of ether oxygens (including phenoxy) is 2. The Hall–Kier alpha value is -3.41. The molecule has 120 valence electrons. The number of benzene rings is 2. The first-order chi connectivity index (χ1) is 11.6. The molecule has 0 radical (unpaired) electrons. The van der Waals surface area contributed by atoms with E-state index in [0.717, 1.165) is 0 Å². The van der Waals surface area contributed by atoms with Gasteiger partial charge in [-0.25, -0.2) is 9.59 Å². The van der Waals surface area contributed by atoms with Crippen molar-refractivity contribution in [3.8, 4) is 11.5 Å². The molecule has 6 heteroatoms. The third kappa shape index (κ3) is 2.89. The summed E-state index contributed by atoms with van der Waals surface area (Å²) in [7, 11) is 1.38. The number of esters is 1. The molecule has 0 amide bonds. The normalized spacial score (nSPS) is 10.4. The van der Waals surface area contributed by atoms with Crippen LogP contribution in [0.4, 0.5) is 0 Å². The number of fused-ring (bicyclic) bond motifs is 1. The zero-order chi connectivity index (χ0) is 17.1. The Labute approximate surface area is 136 Å². The molecule has 0 spiro atoms. The molecule has 1 heterocycles. The van der Waals surface area contributed by atoms with Crippen molar-refractivity contribution in [1.29, 1.82) is 0 Å². The van der Waals surface area contributed by atoms with Crippen molar-refractivity contribution < 1.29 is 23.5 Å². The first-order valence-electron chi connectivity index (χ1n) is 7.00. The summed E-state index contributed by atoms with van der Waals surface area (Å²) in [5, 5.41) is 0.604. The summed E-state index contributed by atoms with van der Waals surface area (Å²) < 4.78 is 15.4. The van der Waals surface area contributed by atoms with Gasteiger partial charge in [0.25, 0.3) is 0 Å². The fraction of sp³-hybridized carbons (Fsp3) is 0.0556. The molecular formula is C18H12O6. The number of rotatable bonds is 4. The average molecular weight is 324 g/mol. The summed E-state index contributed by atoms with van der Waals surface area (Å²) in [5.41, 5.74) is -0.263. The Kier molecular flexibility index (Phi) is 4.11. The molecule has 0 aliphatic carbocycles. The van der Waals surface area contributed by atoms with E-state index in [1.54, 1.807) is 24.3 Å². The first-order valence-corrected chi connectivity index (χ1v) is 7.00. The van der Waals surface area contributed by atoms with Crippen LogP contribution in [0.5, 0.6) is 11.5 Å². The van der Waals surface area contributed by atoms with E-state index in [4.69, 9.17) is 13.9 Å². The lowest BCUT2D eigenvalue weighted by Gasteiger charge is -2.09. The highest BCUT2D eigenvalue weighted by Gasteiger charge is 2.18. The summed E-state index contributed by atoms with van der Waals surface area (Å²) in [5.74, 6) is -0.564. The molecule has 3 rings (SSSR count). The number of carbonyl (C=O) groups is 2. The number of methoxy groups -OCH3 is 1. The van der Waals surface area contributed by atoms with Crippen LogP contribution >= 0.6 is 0 Å².